The Balaban J connectivity index is 1.92. The number of carbonyl (C=O) groups is 1. The minimum absolute atomic E-state index is 0.143. The van der Waals surface area contributed by atoms with Crippen molar-refractivity contribution in [2.24, 2.45) is 0 Å². The average Bonchev–Trinajstić information content (AvgIpc) is 2.93. The minimum Gasteiger partial charge on any atom is -0.406 e. The summed E-state index contributed by atoms with van der Waals surface area (Å²) in [7, 11) is 0. The van der Waals surface area contributed by atoms with Gasteiger partial charge in [-0.3, -0.25) is 4.79 Å². The van der Waals surface area contributed by atoms with Crippen LogP contribution in [0.2, 0.25) is 0 Å². The van der Waals surface area contributed by atoms with Gasteiger partial charge in [-0.15, -0.1) is 31.1 Å². The number of halogens is 3. The number of thiazole rings is 1. The first kappa shape index (κ1) is 17.8. The lowest BCUT2D eigenvalue weighted by Gasteiger charge is -2.09. The first-order chi connectivity index (χ1) is 11.4. The number of ether oxygens (including phenoxy) is 1. The van der Waals surface area contributed by atoms with Crippen molar-refractivity contribution >= 4 is 28.1 Å². The summed E-state index contributed by atoms with van der Waals surface area (Å²) in [6.45, 7) is 3.90. The second-order valence-electron chi connectivity index (χ2n) is 4.61. The predicted octanol–water partition coefficient (Wildman–Crippen LogP) is 3.63. The lowest BCUT2D eigenvalue weighted by Crippen LogP contribution is -2.25. The Hall–Kier alpha value is -2.55. The number of rotatable bonds is 7. The molecular weight excluding hydrogens is 343 g/mol. The molecule has 1 heterocycles. The molecule has 0 atom stereocenters. The Labute approximate surface area is 140 Å². The molecule has 2 rings (SSSR count). The summed E-state index contributed by atoms with van der Waals surface area (Å²) in [5.41, 5.74) is 1.16. The van der Waals surface area contributed by atoms with E-state index in [1.54, 1.807) is 11.5 Å². The molecule has 0 fully saturated rings. The lowest BCUT2D eigenvalue weighted by molar-refractivity contribution is -0.274. The topological polar surface area (TPSA) is 63.2 Å². The molecule has 24 heavy (non-hydrogen) atoms. The van der Waals surface area contributed by atoms with Crippen LogP contribution in [0.25, 0.3) is 0 Å². The van der Waals surface area contributed by atoms with Gasteiger partial charge < -0.3 is 15.4 Å². The van der Waals surface area contributed by atoms with Gasteiger partial charge in [-0.05, 0) is 24.3 Å². The van der Waals surface area contributed by atoms with E-state index in [9.17, 15) is 18.0 Å². The third-order valence-corrected chi connectivity index (χ3v) is 3.48. The van der Waals surface area contributed by atoms with Gasteiger partial charge in [0, 0.05) is 17.6 Å². The van der Waals surface area contributed by atoms with E-state index >= 15 is 0 Å². The molecule has 0 unspecified atom stereocenters. The number of amides is 1. The maximum Gasteiger partial charge on any atom is 0.573 e. The molecule has 0 aliphatic carbocycles. The minimum atomic E-state index is -4.72. The Morgan fingerprint density at radius 2 is 2.04 bits per heavy atom. The molecule has 9 heteroatoms. The van der Waals surface area contributed by atoms with Gasteiger partial charge in [0.1, 0.15) is 5.75 Å². The predicted molar refractivity (Wildman–Crippen MR) is 85.4 cm³/mol. The molecule has 0 spiro atoms. The molecule has 5 nitrogen and oxygen atoms in total. The first-order valence-corrected chi connectivity index (χ1v) is 7.68. The second-order valence-corrected chi connectivity index (χ2v) is 5.47. The van der Waals surface area contributed by atoms with Gasteiger partial charge in [0.2, 0.25) is 5.91 Å². The average molecular weight is 357 g/mol. The Bertz CT molecular complexity index is 699. The summed E-state index contributed by atoms with van der Waals surface area (Å²) in [5.74, 6) is -0.466. The van der Waals surface area contributed by atoms with E-state index in [2.05, 4.69) is 26.9 Å². The largest absolute Gasteiger partial charge is 0.573 e. The summed E-state index contributed by atoms with van der Waals surface area (Å²) in [6.07, 6.45) is -2.99. The fourth-order valence-corrected chi connectivity index (χ4v) is 2.45. The number of anilines is 2. The van der Waals surface area contributed by atoms with Crippen molar-refractivity contribution in [3.05, 3.63) is 48.0 Å². The summed E-state index contributed by atoms with van der Waals surface area (Å²) >= 11 is 1.29. The molecule has 0 saturated heterocycles. The molecule has 0 bridgehead atoms. The maximum absolute atomic E-state index is 12.1. The Morgan fingerprint density at radius 3 is 2.67 bits per heavy atom. The van der Waals surface area contributed by atoms with Crippen LogP contribution in [0.15, 0.2) is 42.3 Å². The molecule has 2 N–H and O–H groups in total. The monoisotopic (exact) mass is 357 g/mol. The number of alkyl halides is 3. The highest BCUT2D eigenvalue weighted by Gasteiger charge is 2.30. The third-order valence-electron chi connectivity index (χ3n) is 2.68. The lowest BCUT2D eigenvalue weighted by atomic mass is 10.3. The molecule has 1 aromatic heterocycles. The highest BCUT2D eigenvalue weighted by Crippen LogP contribution is 2.26. The summed E-state index contributed by atoms with van der Waals surface area (Å²) < 4.78 is 40.1. The zero-order chi connectivity index (χ0) is 17.6. The number of hydrogen-bond donors (Lipinski definition) is 2. The van der Waals surface area contributed by atoms with Crippen LogP contribution in [-0.2, 0) is 11.2 Å². The van der Waals surface area contributed by atoms with Crippen molar-refractivity contribution in [3.63, 3.8) is 0 Å². The molecule has 0 aliphatic rings. The standard InChI is InChI=1S/C15H14F3N3O2S/c1-2-7-19-13(22)8-11-9-24-14(21-11)20-10-3-5-12(6-4-10)23-15(16,17)18/h2-6,9H,1,7-8H2,(H,19,22)(H,20,21). The van der Waals surface area contributed by atoms with Gasteiger partial charge in [0.25, 0.3) is 0 Å². The molecule has 1 amide bonds. The molecule has 0 saturated carbocycles. The van der Waals surface area contributed by atoms with Crippen molar-refractivity contribution in [2.45, 2.75) is 12.8 Å². The van der Waals surface area contributed by atoms with E-state index in [0.29, 0.717) is 23.1 Å². The number of nitrogens with one attached hydrogen (secondary N) is 2. The molecule has 0 radical (unpaired) electrons. The van der Waals surface area contributed by atoms with Gasteiger partial charge >= 0.3 is 6.36 Å². The van der Waals surface area contributed by atoms with E-state index in [1.165, 1.54) is 35.6 Å². The van der Waals surface area contributed by atoms with E-state index in [0.717, 1.165) is 0 Å². The zero-order valence-electron chi connectivity index (χ0n) is 12.4. The van der Waals surface area contributed by atoms with Crippen molar-refractivity contribution < 1.29 is 22.7 Å². The summed E-state index contributed by atoms with van der Waals surface area (Å²) in [6, 6.07) is 5.29. The fourth-order valence-electron chi connectivity index (χ4n) is 1.72. The van der Waals surface area contributed by atoms with Gasteiger partial charge in [0.05, 0.1) is 12.1 Å². The molecule has 1 aromatic carbocycles. The van der Waals surface area contributed by atoms with Crippen LogP contribution >= 0.6 is 11.3 Å². The van der Waals surface area contributed by atoms with Crippen LogP contribution < -0.4 is 15.4 Å². The van der Waals surface area contributed by atoms with Crippen LogP contribution in [0.4, 0.5) is 24.0 Å². The van der Waals surface area contributed by atoms with E-state index in [-0.39, 0.29) is 18.1 Å². The third kappa shape index (κ3) is 5.92. The van der Waals surface area contributed by atoms with Crippen molar-refractivity contribution in [1.82, 2.24) is 10.3 Å². The maximum atomic E-state index is 12.1. The van der Waals surface area contributed by atoms with E-state index in [4.69, 9.17) is 0 Å². The Kier molecular flexibility index (Phi) is 5.80. The van der Waals surface area contributed by atoms with Crippen LogP contribution in [-0.4, -0.2) is 23.8 Å². The van der Waals surface area contributed by atoms with E-state index < -0.39 is 6.36 Å². The van der Waals surface area contributed by atoms with Crippen LogP contribution in [0, 0.1) is 0 Å². The number of hydrogen-bond acceptors (Lipinski definition) is 5. The van der Waals surface area contributed by atoms with Gasteiger partial charge in [0.15, 0.2) is 5.13 Å². The van der Waals surface area contributed by atoms with Crippen molar-refractivity contribution in [1.29, 1.82) is 0 Å². The molecular formula is C15H14F3N3O2S. The molecule has 0 aliphatic heterocycles. The summed E-state index contributed by atoms with van der Waals surface area (Å²) in [4.78, 5) is 15.8. The fraction of sp³-hybridized carbons (Fsp3) is 0.200. The number of aromatic nitrogens is 1. The zero-order valence-corrected chi connectivity index (χ0v) is 13.2. The SMILES string of the molecule is C=CCNC(=O)Cc1csc(Nc2ccc(OC(F)(F)F)cc2)n1. The molecule has 2 aromatic rings. The van der Waals surface area contributed by atoms with Crippen LogP contribution in [0.1, 0.15) is 5.69 Å². The smallest absolute Gasteiger partial charge is 0.406 e. The van der Waals surface area contributed by atoms with Crippen LogP contribution in [0.3, 0.4) is 0 Å². The number of carbonyl (C=O) groups excluding carboxylic acids is 1. The first-order valence-electron chi connectivity index (χ1n) is 6.80. The second kappa shape index (κ2) is 7.82. The van der Waals surface area contributed by atoms with Gasteiger partial charge in [-0.1, -0.05) is 6.08 Å². The van der Waals surface area contributed by atoms with Crippen molar-refractivity contribution in [2.75, 3.05) is 11.9 Å². The Morgan fingerprint density at radius 1 is 1.33 bits per heavy atom. The normalized spacial score (nSPS) is 11.0. The van der Waals surface area contributed by atoms with Crippen LogP contribution in [0.5, 0.6) is 5.75 Å². The van der Waals surface area contributed by atoms with Gasteiger partial charge in [-0.25, -0.2) is 4.98 Å². The molecule has 128 valence electrons. The highest BCUT2D eigenvalue weighted by atomic mass is 32.1. The quantitative estimate of drug-likeness (QED) is 0.743. The van der Waals surface area contributed by atoms with Crippen molar-refractivity contribution in [3.8, 4) is 5.75 Å². The number of benzene rings is 1. The van der Waals surface area contributed by atoms with Gasteiger partial charge in [-0.2, -0.15) is 0 Å². The number of nitrogens with zero attached hydrogens (tertiary/aromatic N) is 1. The summed E-state index contributed by atoms with van der Waals surface area (Å²) in [5, 5.41) is 7.87. The highest BCUT2D eigenvalue weighted by molar-refractivity contribution is 7.13. The van der Waals surface area contributed by atoms with E-state index in [1.807, 2.05) is 0 Å².